The van der Waals surface area contributed by atoms with E-state index >= 15 is 0 Å². The molecule has 12 nitrogen and oxygen atoms in total. The molecule has 6 aromatic rings. The third kappa shape index (κ3) is 7.81. The van der Waals surface area contributed by atoms with E-state index in [4.69, 9.17) is 23.2 Å². The molecule has 4 heterocycles. The maximum Gasteiger partial charge on any atom is 0.259 e. The number of nitrogens with one attached hydrogen (secondary N) is 1. The lowest BCUT2D eigenvalue weighted by atomic mass is 9.87. The Morgan fingerprint density at radius 1 is 0.765 bits per heavy atom. The Bertz CT molecular complexity index is 2500. The summed E-state index contributed by atoms with van der Waals surface area (Å²) in [6.45, 7) is 0.768. The number of hydrogen-bond donors (Lipinski definition) is 2. The molecule has 0 spiro atoms. The molecule has 0 amide bonds. The van der Waals surface area contributed by atoms with E-state index in [1.165, 1.54) is 22.4 Å². The van der Waals surface area contributed by atoms with Crippen LogP contribution in [0.4, 0.5) is 5.95 Å². The molecular weight excluding hydrogens is 713 g/mol. The molecule has 1 aliphatic rings. The van der Waals surface area contributed by atoms with Crippen LogP contribution in [0.2, 0.25) is 10.0 Å². The molecule has 2 aromatic carbocycles. The minimum Gasteiger partial charge on any atom is -0.393 e. The number of sulfone groups is 1. The summed E-state index contributed by atoms with van der Waals surface area (Å²) >= 11 is 12.4. The van der Waals surface area contributed by atoms with Crippen LogP contribution in [0, 0.1) is 5.92 Å². The summed E-state index contributed by atoms with van der Waals surface area (Å²) in [5.74, 6) is 1.02. The maximum absolute atomic E-state index is 12.9. The normalized spacial score (nSPS) is 16.1. The lowest BCUT2D eigenvalue weighted by molar-refractivity contribution is 0.111. The molecule has 1 saturated carbocycles. The largest absolute Gasteiger partial charge is 0.393 e. The number of aliphatic hydroxyl groups excluding tert-OH is 1. The summed E-state index contributed by atoms with van der Waals surface area (Å²) in [5.41, 5.74) is 2.61. The van der Waals surface area contributed by atoms with Crippen molar-refractivity contribution in [3.8, 4) is 22.3 Å². The number of aryl methyl sites for hydroxylation is 2. The van der Waals surface area contributed by atoms with Gasteiger partial charge in [0.15, 0.2) is 0 Å². The fraction of sp³-hybridized carbons (Fsp3) is 0.278. The Balaban J connectivity index is 0.000000179. The highest BCUT2D eigenvalue weighted by atomic mass is 35.5. The molecular formula is C36H35Cl2N7O5S. The Kier molecular flexibility index (Phi) is 10.5. The summed E-state index contributed by atoms with van der Waals surface area (Å²) < 4.78 is 26.0. The van der Waals surface area contributed by atoms with Crippen molar-refractivity contribution in [3.05, 3.63) is 104 Å². The number of aromatic nitrogens is 6. The highest BCUT2D eigenvalue weighted by molar-refractivity contribution is 7.90. The van der Waals surface area contributed by atoms with Crippen LogP contribution in [-0.2, 0) is 23.9 Å². The molecule has 1 fully saturated rings. The van der Waals surface area contributed by atoms with E-state index in [-0.39, 0.29) is 28.0 Å². The van der Waals surface area contributed by atoms with Gasteiger partial charge in [-0.25, -0.2) is 18.4 Å². The van der Waals surface area contributed by atoms with Crippen LogP contribution < -0.4 is 16.4 Å². The van der Waals surface area contributed by atoms with Crippen LogP contribution >= 0.6 is 23.2 Å². The highest BCUT2D eigenvalue weighted by Gasteiger charge is 2.20. The fourth-order valence-corrected chi connectivity index (χ4v) is 7.04. The topological polar surface area (TPSA) is 162 Å². The van der Waals surface area contributed by atoms with E-state index in [9.17, 15) is 23.1 Å². The van der Waals surface area contributed by atoms with Crippen molar-refractivity contribution in [2.45, 2.75) is 36.9 Å². The van der Waals surface area contributed by atoms with Gasteiger partial charge in [0, 0.05) is 82.4 Å². The van der Waals surface area contributed by atoms with Crippen LogP contribution in [0.3, 0.4) is 0 Å². The lowest BCUT2D eigenvalue weighted by Crippen LogP contribution is -2.24. The third-order valence-electron chi connectivity index (χ3n) is 8.90. The van der Waals surface area contributed by atoms with Crippen LogP contribution in [0.5, 0.6) is 0 Å². The number of pyridine rings is 2. The van der Waals surface area contributed by atoms with Gasteiger partial charge in [-0.05, 0) is 55.9 Å². The first-order valence-corrected chi connectivity index (χ1v) is 18.8. The van der Waals surface area contributed by atoms with E-state index < -0.39 is 9.84 Å². The van der Waals surface area contributed by atoms with Gasteiger partial charge in [-0.15, -0.1) is 0 Å². The van der Waals surface area contributed by atoms with Gasteiger partial charge in [-0.3, -0.25) is 18.7 Å². The van der Waals surface area contributed by atoms with Gasteiger partial charge in [0.1, 0.15) is 11.3 Å². The summed E-state index contributed by atoms with van der Waals surface area (Å²) in [4.78, 5) is 42.3. The highest BCUT2D eigenvalue weighted by Crippen LogP contribution is 2.29. The van der Waals surface area contributed by atoms with Gasteiger partial charge in [-0.1, -0.05) is 59.6 Å². The zero-order valence-corrected chi connectivity index (χ0v) is 30.4. The predicted molar refractivity (Wildman–Crippen MR) is 200 cm³/mol. The van der Waals surface area contributed by atoms with E-state index in [1.54, 1.807) is 55.7 Å². The van der Waals surface area contributed by atoms with Crippen LogP contribution in [-0.4, -0.2) is 61.5 Å². The minimum absolute atomic E-state index is 0.147. The summed E-state index contributed by atoms with van der Waals surface area (Å²) in [6.07, 6.45) is 7.69. The Hall–Kier alpha value is -4.69. The Morgan fingerprint density at radius 2 is 1.25 bits per heavy atom. The molecule has 1 aliphatic carbocycles. The Labute approximate surface area is 303 Å². The second-order valence-electron chi connectivity index (χ2n) is 12.5. The van der Waals surface area contributed by atoms with Crippen LogP contribution in [0.15, 0.2) is 87.8 Å². The Morgan fingerprint density at radius 3 is 1.76 bits per heavy atom. The molecule has 0 radical (unpaired) electrons. The number of anilines is 1. The van der Waals surface area contributed by atoms with E-state index in [0.717, 1.165) is 43.9 Å². The van der Waals surface area contributed by atoms with E-state index in [1.807, 2.05) is 18.2 Å². The van der Waals surface area contributed by atoms with Gasteiger partial charge >= 0.3 is 0 Å². The molecule has 15 heteroatoms. The smallest absolute Gasteiger partial charge is 0.259 e. The van der Waals surface area contributed by atoms with Gasteiger partial charge in [-0.2, -0.15) is 9.97 Å². The quantitative estimate of drug-likeness (QED) is 0.203. The number of halogens is 2. The van der Waals surface area contributed by atoms with Crippen LogP contribution in [0.25, 0.3) is 44.3 Å². The summed E-state index contributed by atoms with van der Waals surface area (Å²) in [6, 6.07) is 17.7. The summed E-state index contributed by atoms with van der Waals surface area (Å²) in [7, 11) is -0.307. The van der Waals surface area contributed by atoms with Gasteiger partial charge in [0.05, 0.1) is 6.10 Å². The number of benzene rings is 2. The van der Waals surface area contributed by atoms with Gasteiger partial charge in [0.2, 0.25) is 20.9 Å². The first-order chi connectivity index (χ1) is 24.3. The van der Waals surface area contributed by atoms with Crippen molar-refractivity contribution in [2.75, 3.05) is 18.1 Å². The molecule has 0 unspecified atom stereocenters. The molecule has 0 atom stereocenters. The molecule has 264 valence electrons. The predicted octanol–water partition coefficient (Wildman–Crippen LogP) is 5.66. The molecule has 51 heavy (non-hydrogen) atoms. The fourth-order valence-electron chi connectivity index (χ4n) is 6.07. The first kappa shape index (κ1) is 36.1. The molecule has 0 saturated heterocycles. The molecule has 0 bridgehead atoms. The molecule has 0 aliphatic heterocycles. The third-order valence-corrected chi connectivity index (χ3v) is 10.4. The van der Waals surface area contributed by atoms with Gasteiger partial charge in [0.25, 0.3) is 11.1 Å². The molecule has 7 rings (SSSR count). The van der Waals surface area contributed by atoms with Crippen molar-refractivity contribution in [1.29, 1.82) is 0 Å². The number of rotatable bonds is 6. The number of aliphatic hydroxyl groups is 1. The number of hydrogen-bond acceptors (Lipinski definition) is 10. The van der Waals surface area contributed by atoms with Crippen LogP contribution in [0.1, 0.15) is 25.7 Å². The van der Waals surface area contributed by atoms with Crippen molar-refractivity contribution in [2.24, 2.45) is 20.0 Å². The van der Waals surface area contributed by atoms with E-state index in [0.29, 0.717) is 55.2 Å². The van der Waals surface area contributed by atoms with Gasteiger partial charge < -0.3 is 10.4 Å². The number of fused-ring (bicyclic) bond motifs is 2. The van der Waals surface area contributed by atoms with Crippen molar-refractivity contribution < 1.29 is 13.5 Å². The maximum atomic E-state index is 12.9. The van der Waals surface area contributed by atoms with Crippen molar-refractivity contribution >= 4 is 61.1 Å². The molecule has 4 aromatic heterocycles. The zero-order chi connectivity index (χ0) is 36.4. The minimum atomic E-state index is -3.55. The SMILES string of the molecule is Cn1c(=O)c(-c2ccccc2Cl)cc2cnc(NCC3CCC(O)CC3)nc21.Cn1c(=O)c(-c2ccccc2Cl)cc2cnc(S(C)(=O)=O)nc21. The lowest BCUT2D eigenvalue weighted by Gasteiger charge is -2.25. The standard InChI is InChI=1S/C21H23ClN4O2.C15H12ClN3O3S/c1-26-19-14(10-17(20(26)28)16-4-2-3-5-18(16)22)12-24-21(25-19)23-11-13-6-8-15(27)9-7-13;1-19-13-9(8-17-15(18-13)23(2,21)22)7-11(14(19)20)10-5-3-4-6-12(10)16/h2-5,10,12-13,15,27H,6-9,11H2,1H3,(H,23,24,25);3-8H,1-2H3. The second-order valence-corrected chi connectivity index (χ2v) is 15.3. The van der Waals surface area contributed by atoms with Crippen molar-refractivity contribution in [3.63, 3.8) is 0 Å². The monoisotopic (exact) mass is 747 g/mol. The number of nitrogens with zero attached hydrogens (tertiary/aromatic N) is 6. The average molecular weight is 749 g/mol. The van der Waals surface area contributed by atoms with E-state index in [2.05, 4.69) is 25.3 Å². The molecule has 2 N–H and O–H groups in total. The first-order valence-electron chi connectivity index (χ1n) is 16.2. The second kappa shape index (κ2) is 14.9. The van der Waals surface area contributed by atoms with Crippen molar-refractivity contribution in [1.82, 2.24) is 29.1 Å². The summed E-state index contributed by atoms with van der Waals surface area (Å²) in [5, 5.41) is 14.9. The average Bonchev–Trinajstić information content (AvgIpc) is 3.11. The zero-order valence-electron chi connectivity index (χ0n) is 28.0.